The zero-order valence-corrected chi connectivity index (χ0v) is 57.2. The number of aromatic nitrogens is 8. The van der Waals surface area contributed by atoms with Crippen molar-refractivity contribution in [2.24, 2.45) is 0 Å². The molecular formula is C94H54N8O3S. The van der Waals surface area contributed by atoms with Crippen LogP contribution < -0.4 is 9.47 Å². The summed E-state index contributed by atoms with van der Waals surface area (Å²) in [5, 5.41) is 0.970. The van der Waals surface area contributed by atoms with Crippen molar-refractivity contribution in [2.45, 2.75) is 10.8 Å². The second-order valence-corrected chi connectivity index (χ2v) is 28.2. The number of rotatable bonds is 9. The van der Waals surface area contributed by atoms with Gasteiger partial charge in [-0.3, -0.25) is 0 Å². The minimum absolute atomic E-state index is 0.536. The van der Waals surface area contributed by atoms with Gasteiger partial charge in [0.05, 0.1) is 21.0 Å². The Morgan fingerprint density at radius 2 is 0.651 bits per heavy atom. The first-order chi connectivity index (χ1) is 52.5. The predicted octanol–water partition coefficient (Wildman–Crippen LogP) is 22.7. The van der Waals surface area contributed by atoms with Crippen molar-refractivity contribution < 1.29 is 13.9 Å². The summed E-state index contributed by atoms with van der Waals surface area (Å²) < 4.78 is 21.8. The molecule has 0 radical (unpaired) electrons. The Morgan fingerprint density at radius 1 is 0.236 bits per heavy atom. The summed E-state index contributed by atoms with van der Waals surface area (Å²) in [6, 6.07) is 114. The van der Waals surface area contributed by atoms with Crippen molar-refractivity contribution in [3.05, 3.63) is 372 Å². The predicted molar refractivity (Wildman–Crippen MR) is 418 cm³/mol. The van der Waals surface area contributed by atoms with Crippen LogP contribution in [0.4, 0.5) is 0 Å². The zero-order valence-electron chi connectivity index (χ0n) is 56.4. The van der Waals surface area contributed by atoms with Crippen LogP contribution in [0.2, 0.25) is 0 Å². The summed E-state index contributed by atoms with van der Waals surface area (Å²) in [7, 11) is 0. The van der Waals surface area contributed by atoms with E-state index >= 15 is 0 Å². The largest absolute Gasteiger partial charge is 0.457 e. The number of hydrogen-bond acceptors (Lipinski definition) is 12. The molecule has 11 nitrogen and oxygen atoms in total. The molecule has 106 heavy (non-hydrogen) atoms. The third-order valence-corrected chi connectivity index (χ3v) is 22.5. The van der Waals surface area contributed by atoms with Crippen molar-refractivity contribution in [3.63, 3.8) is 0 Å². The third-order valence-electron chi connectivity index (χ3n) is 21.4. The van der Waals surface area contributed by atoms with Gasteiger partial charge in [0.2, 0.25) is 5.89 Å². The molecule has 1 atom stereocenters. The summed E-state index contributed by atoms with van der Waals surface area (Å²) in [6.45, 7) is 0. The summed E-state index contributed by atoms with van der Waals surface area (Å²) in [5.41, 5.74) is 22.8. The van der Waals surface area contributed by atoms with Crippen molar-refractivity contribution in [3.8, 4) is 147 Å². The van der Waals surface area contributed by atoms with E-state index in [0.717, 1.165) is 172 Å². The van der Waals surface area contributed by atoms with Crippen molar-refractivity contribution >= 4 is 32.7 Å². The summed E-state index contributed by atoms with van der Waals surface area (Å²) >= 11 is 1.71. The molecule has 0 fully saturated rings. The molecule has 4 aromatic heterocycles. The normalized spacial score (nSPS) is 14.3. The maximum atomic E-state index is 7.35. The van der Waals surface area contributed by atoms with E-state index in [4.69, 9.17) is 53.8 Å². The molecule has 2 spiro atoms. The highest BCUT2D eigenvalue weighted by molar-refractivity contribution is 7.21. The van der Waals surface area contributed by atoms with Gasteiger partial charge in [0.25, 0.3) is 0 Å². The summed E-state index contributed by atoms with van der Waals surface area (Å²) in [6.07, 6.45) is 0. The smallest absolute Gasteiger partial charge is 0.227 e. The van der Waals surface area contributed by atoms with Crippen LogP contribution in [0, 0.1) is 0 Å². The fourth-order valence-corrected chi connectivity index (χ4v) is 17.7. The van der Waals surface area contributed by atoms with Crippen LogP contribution in [-0.4, -0.2) is 39.9 Å². The van der Waals surface area contributed by atoms with E-state index in [-0.39, 0.29) is 0 Å². The molecule has 2 aliphatic carbocycles. The first-order valence-electron chi connectivity index (χ1n) is 35.3. The minimum Gasteiger partial charge on any atom is -0.457 e. The van der Waals surface area contributed by atoms with Crippen molar-refractivity contribution in [1.29, 1.82) is 0 Å². The lowest BCUT2D eigenvalue weighted by molar-refractivity contribution is 0.436. The van der Waals surface area contributed by atoms with Gasteiger partial charge in [0.15, 0.2) is 40.5 Å². The molecule has 22 rings (SSSR count). The number of benzene rings is 14. The number of oxazole rings is 1. The maximum Gasteiger partial charge on any atom is 0.227 e. The lowest BCUT2D eigenvalue weighted by atomic mass is 9.65. The van der Waals surface area contributed by atoms with Crippen LogP contribution >= 0.6 is 11.3 Å². The lowest BCUT2D eigenvalue weighted by Crippen LogP contribution is -2.32. The third kappa shape index (κ3) is 9.04. The van der Waals surface area contributed by atoms with Crippen molar-refractivity contribution in [2.75, 3.05) is 0 Å². The Labute approximate surface area is 612 Å². The molecule has 0 N–H and O–H groups in total. The van der Waals surface area contributed by atoms with Crippen molar-refractivity contribution in [1.82, 2.24) is 39.9 Å². The summed E-state index contributed by atoms with van der Waals surface area (Å²) in [5.74, 6) is 7.09. The first kappa shape index (κ1) is 59.7. The Hall–Kier alpha value is -13.9. The van der Waals surface area contributed by atoms with Gasteiger partial charge in [0.1, 0.15) is 33.5 Å². The maximum absolute atomic E-state index is 7.35. The van der Waals surface area contributed by atoms with Gasteiger partial charge in [-0.15, -0.1) is 11.3 Å². The molecule has 494 valence electrons. The Balaban J connectivity index is 0.685. The molecule has 0 amide bonds. The zero-order chi connectivity index (χ0) is 69.6. The van der Waals surface area contributed by atoms with E-state index in [2.05, 4.69) is 218 Å². The quantitative estimate of drug-likeness (QED) is 0.137. The van der Waals surface area contributed by atoms with Gasteiger partial charge >= 0.3 is 0 Å². The second-order valence-electron chi connectivity index (χ2n) is 27.2. The van der Waals surface area contributed by atoms with Gasteiger partial charge in [-0.1, -0.05) is 255 Å². The van der Waals surface area contributed by atoms with Crippen LogP contribution in [0.15, 0.2) is 332 Å². The molecule has 14 aromatic carbocycles. The van der Waals surface area contributed by atoms with Gasteiger partial charge in [-0.05, 0) is 123 Å². The van der Waals surface area contributed by atoms with E-state index in [1.807, 2.05) is 109 Å². The molecule has 0 bridgehead atoms. The van der Waals surface area contributed by atoms with E-state index in [0.29, 0.717) is 40.8 Å². The van der Waals surface area contributed by atoms with Crippen LogP contribution in [0.5, 0.6) is 23.0 Å². The standard InChI is InChI=1S/C94H54N8O3S/c1-4-21-56(22-5-1)85-97-86(57-23-6-2-7-24-57)100-89(99-85)61-46-50-70-68(52-61)65-47-43-62(91-95-77-32-13-18-37-82(77)105-91)53-75(65)94(70)73-30-12-17-36-81(73)104-84-64(27-20-31-74(84)94)55-39-41-59(42-40-55)88-98-87(58-25-8-3-9-26-58)101-90(102-88)60-45-49-69-67(51-60)66-48-44-63(92-96-78-33-14-19-38-83(78)106-92)54-76(66)93(69)71-28-10-15-34-79(71)103-80-35-16-11-29-72(80)93/h1-54H. The molecule has 1 unspecified atom stereocenters. The first-order valence-corrected chi connectivity index (χ1v) is 36.2. The average molecular weight is 1380 g/mol. The number of nitrogens with zero attached hydrogens (tertiary/aromatic N) is 8. The molecule has 0 saturated carbocycles. The average Bonchev–Trinajstić information content (AvgIpc) is 1.51. The van der Waals surface area contributed by atoms with Gasteiger partial charge in [0, 0.05) is 72.3 Å². The Kier molecular flexibility index (Phi) is 13.1. The van der Waals surface area contributed by atoms with E-state index in [1.54, 1.807) is 11.3 Å². The highest BCUT2D eigenvalue weighted by Gasteiger charge is 2.54. The topological polar surface area (TPSA) is 135 Å². The molecule has 2 aliphatic heterocycles. The van der Waals surface area contributed by atoms with E-state index in [9.17, 15) is 0 Å². The van der Waals surface area contributed by atoms with Crippen LogP contribution in [0.1, 0.15) is 44.5 Å². The number of para-hydroxylation sites is 7. The molecule has 0 saturated heterocycles. The lowest BCUT2D eigenvalue weighted by Gasteiger charge is -2.40. The molecule has 18 aromatic rings. The van der Waals surface area contributed by atoms with Gasteiger partial charge in [-0.25, -0.2) is 39.9 Å². The Morgan fingerprint density at radius 3 is 1.20 bits per heavy atom. The number of ether oxygens (including phenoxy) is 2. The van der Waals surface area contributed by atoms with Gasteiger partial charge < -0.3 is 13.9 Å². The van der Waals surface area contributed by atoms with E-state index in [1.165, 1.54) is 0 Å². The van der Waals surface area contributed by atoms with Crippen LogP contribution in [0.25, 0.3) is 145 Å². The fraction of sp³-hybridized carbons (Fsp3) is 0.0213. The van der Waals surface area contributed by atoms with Crippen LogP contribution in [0.3, 0.4) is 0 Å². The molecule has 4 aliphatic rings. The Bertz CT molecular complexity index is 6510. The molecule has 12 heteroatoms. The summed E-state index contributed by atoms with van der Waals surface area (Å²) in [4.78, 5) is 41.7. The van der Waals surface area contributed by atoms with E-state index < -0.39 is 10.8 Å². The second kappa shape index (κ2) is 23.3. The molecular weight excluding hydrogens is 1320 g/mol. The van der Waals surface area contributed by atoms with Crippen LogP contribution in [-0.2, 0) is 10.8 Å². The highest BCUT2D eigenvalue weighted by Crippen LogP contribution is 2.66. The number of hydrogen-bond donors (Lipinski definition) is 0. The highest BCUT2D eigenvalue weighted by atomic mass is 32.1. The van der Waals surface area contributed by atoms with Gasteiger partial charge in [-0.2, -0.15) is 0 Å². The number of thiazole rings is 1. The minimum atomic E-state index is -0.899. The number of fused-ring (bicyclic) bond motifs is 20. The monoisotopic (exact) mass is 1370 g/mol. The SMILES string of the molecule is c1ccc(-c2nc(-c3ccc(-c4cccc5c4Oc4ccccc4C54c5ccc(-c6nc(-c7ccccc7)nc(-c7ccccc7)n6)cc5-c5ccc(-c6nc7ccccc7o6)cc54)cc3)nc(-c3ccc4c(c3)-c3ccc(-c5nc6ccccc6s5)cc3C43c4ccccc4Oc4ccccc43)n2)cc1. The fourth-order valence-electron chi connectivity index (χ4n) is 16.7. The molecule has 6 heterocycles.